The molecule has 76 valence electrons. The predicted molar refractivity (Wildman–Crippen MR) is 89.9 cm³/mol. The smallest absolute Gasteiger partial charge is 0.262 e. The fourth-order valence-electron chi connectivity index (χ4n) is 0.718. The van der Waals surface area contributed by atoms with E-state index in [2.05, 4.69) is 102 Å². The maximum Gasteiger partial charge on any atom is 0.262 e. The lowest BCUT2D eigenvalue weighted by Crippen LogP contribution is -2.23. The third-order valence-electron chi connectivity index (χ3n) is 1.35. The van der Waals surface area contributed by atoms with E-state index < -0.39 is 0 Å². The minimum atomic E-state index is -0.205. The molecular formula is C7H4I4N2O. The number of nitrogens with zero attached hydrogens (tertiary/aromatic N) is 1. The highest BCUT2D eigenvalue weighted by Crippen LogP contribution is 2.27. The van der Waals surface area contributed by atoms with Crippen LogP contribution >= 0.6 is 90.4 Å². The summed E-state index contributed by atoms with van der Waals surface area (Å²) in [6.45, 7) is 3.41. The lowest BCUT2D eigenvalue weighted by Gasteiger charge is -2.06. The number of hydrogen-bond acceptors (Lipinski definition) is 1. The largest absolute Gasteiger partial charge is 0.268 e. The standard InChI is InChI=1S/C7H4I4N2O/c1-2-3(14)12-13-6(10)4(8)5(9)7(13)11/h2H,1H2,(H,12,14). The van der Waals surface area contributed by atoms with E-state index in [4.69, 9.17) is 0 Å². The Hall–Kier alpha value is 1.41. The summed E-state index contributed by atoms with van der Waals surface area (Å²) in [6.07, 6.45) is 1.26. The van der Waals surface area contributed by atoms with E-state index in [9.17, 15) is 4.79 Å². The molecule has 0 spiro atoms. The normalized spacial score (nSPS) is 10.0. The van der Waals surface area contributed by atoms with Crippen molar-refractivity contribution in [2.24, 2.45) is 0 Å². The highest BCUT2D eigenvalue weighted by atomic mass is 127. The molecule has 1 aromatic rings. The van der Waals surface area contributed by atoms with E-state index in [0.717, 1.165) is 14.5 Å². The van der Waals surface area contributed by atoms with Gasteiger partial charge in [0.15, 0.2) is 0 Å². The van der Waals surface area contributed by atoms with Crippen molar-refractivity contribution < 1.29 is 4.79 Å². The van der Waals surface area contributed by atoms with Crippen LogP contribution in [-0.4, -0.2) is 10.6 Å². The second-order valence-corrected chi connectivity index (χ2v) is 6.43. The van der Waals surface area contributed by atoms with Crippen LogP contribution in [-0.2, 0) is 4.79 Å². The van der Waals surface area contributed by atoms with E-state index in [0.29, 0.717) is 0 Å². The van der Waals surface area contributed by atoms with Gasteiger partial charge in [0.2, 0.25) is 0 Å². The molecule has 1 heterocycles. The summed E-state index contributed by atoms with van der Waals surface area (Å²) in [5, 5.41) is 0. The molecule has 1 rings (SSSR count). The van der Waals surface area contributed by atoms with Crippen molar-refractivity contribution in [3.8, 4) is 0 Å². The molecule has 0 aliphatic rings. The zero-order valence-corrected chi connectivity index (χ0v) is 15.3. The minimum Gasteiger partial charge on any atom is -0.268 e. The second-order valence-electron chi connectivity index (χ2n) is 2.23. The van der Waals surface area contributed by atoms with Gasteiger partial charge in [0.25, 0.3) is 5.91 Å². The quantitative estimate of drug-likeness (QED) is 0.392. The molecular weight excluding hydrogens is 636 g/mol. The van der Waals surface area contributed by atoms with Crippen molar-refractivity contribution in [3.05, 3.63) is 27.2 Å². The molecule has 0 unspecified atom stereocenters. The fourth-order valence-corrected chi connectivity index (χ4v) is 4.47. The van der Waals surface area contributed by atoms with Gasteiger partial charge < -0.3 is 0 Å². The van der Waals surface area contributed by atoms with Crippen molar-refractivity contribution in [1.82, 2.24) is 4.68 Å². The van der Waals surface area contributed by atoms with Gasteiger partial charge in [0.05, 0.1) is 7.14 Å². The molecule has 0 fully saturated rings. The monoisotopic (exact) mass is 640 g/mol. The van der Waals surface area contributed by atoms with Crippen LogP contribution in [0.1, 0.15) is 0 Å². The van der Waals surface area contributed by atoms with Gasteiger partial charge in [-0.2, -0.15) is 0 Å². The Morgan fingerprint density at radius 3 is 2.00 bits per heavy atom. The topological polar surface area (TPSA) is 34.0 Å². The molecule has 0 atom stereocenters. The molecule has 0 radical (unpaired) electrons. The van der Waals surface area contributed by atoms with Crippen LogP contribution in [0.2, 0.25) is 0 Å². The Morgan fingerprint density at radius 2 is 1.64 bits per heavy atom. The average Bonchev–Trinajstić information content (AvgIpc) is 2.35. The summed E-state index contributed by atoms with van der Waals surface area (Å²) < 4.78 is 6.07. The first-order valence-electron chi connectivity index (χ1n) is 3.33. The van der Waals surface area contributed by atoms with E-state index in [1.165, 1.54) is 6.08 Å². The summed E-state index contributed by atoms with van der Waals surface area (Å²) in [6, 6.07) is 0. The number of nitrogens with one attached hydrogen (secondary N) is 1. The Morgan fingerprint density at radius 1 is 1.21 bits per heavy atom. The summed E-state index contributed by atoms with van der Waals surface area (Å²) in [5.41, 5.74) is 2.72. The van der Waals surface area contributed by atoms with Crippen molar-refractivity contribution in [2.75, 3.05) is 5.43 Å². The van der Waals surface area contributed by atoms with E-state index >= 15 is 0 Å². The highest BCUT2D eigenvalue weighted by molar-refractivity contribution is 14.1. The van der Waals surface area contributed by atoms with Crippen LogP contribution in [0.25, 0.3) is 0 Å². The maximum atomic E-state index is 11.1. The van der Waals surface area contributed by atoms with Crippen molar-refractivity contribution in [1.29, 1.82) is 0 Å². The second kappa shape index (κ2) is 5.65. The first kappa shape index (κ1) is 13.5. The van der Waals surface area contributed by atoms with Gasteiger partial charge >= 0.3 is 0 Å². The van der Waals surface area contributed by atoms with Gasteiger partial charge in [0, 0.05) is 0 Å². The summed E-state index contributed by atoms with van der Waals surface area (Å²) in [5.74, 6) is -0.205. The third kappa shape index (κ3) is 2.75. The molecule has 1 N–H and O–H groups in total. The summed E-state index contributed by atoms with van der Waals surface area (Å²) in [4.78, 5) is 11.1. The number of halogens is 4. The van der Waals surface area contributed by atoms with Gasteiger partial charge in [-0.15, -0.1) is 0 Å². The third-order valence-corrected chi connectivity index (χ3v) is 8.60. The molecule has 1 amide bonds. The number of carbonyl (C=O) groups is 1. The molecule has 1 aromatic heterocycles. The van der Waals surface area contributed by atoms with Crippen LogP contribution < -0.4 is 5.43 Å². The number of hydrogen-bond donors (Lipinski definition) is 1. The van der Waals surface area contributed by atoms with Crippen LogP contribution in [0.3, 0.4) is 0 Å². The fraction of sp³-hybridized carbons (Fsp3) is 0. The summed E-state index contributed by atoms with van der Waals surface area (Å²) >= 11 is 8.91. The Bertz CT molecular complexity index is 373. The molecule has 0 aromatic carbocycles. The van der Waals surface area contributed by atoms with Gasteiger partial charge in [-0.3, -0.25) is 10.2 Å². The molecule has 0 bridgehead atoms. The molecule has 0 aliphatic carbocycles. The van der Waals surface area contributed by atoms with E-state index in [1.54, 1.807) is 4.68 Å². The molecule has 0 aliphatic heterocycles. The average molecular weight is 640 g/mol. The van der Waals surface area contributed by atoms with Crippen molar-refractivity contribution >= 4 is 96.3 Å². The van der Waals surface area contributed by atoms with Crippen LogP contribution in [0.4, 0.5) is 0 Å². The zero-order chi connectivity index (χ0) is 10.9. The van der Waals surface area contributed by atoms with Crippen LogP contribution in [0.5, 0.6) is 0 Å². The lowest BCUT2D eigenvalue weighted by atomic mass is 10.6. The van der Waals surface area contributed by atoms with Crippen LogP contribution in [0, 0.1) is 14.5 Å². The Kier molecular flexibility index (Phi) is 5.44. The van der Waals surface area contributed by atoms with Gasteiger partial charge in [0.1, 0.15) is 7.40 Å². The highest BCUT2D eigenvalue weighted by Gasteiger charge is 2.16. The SMILES string of the molecule is C=CC(=O)Nn1c(I)c(I)c(I)c1I. The zero-order valence-electron chi connectivity index (χ0n) is 6.65. The lowest BCUT2D eigenvalue weighted by molar-refractivity contribution is -0.112. The predicted octanol–water partition coefficient (Wildman–Crippen LogP) is 3.16. The summed E-state index contributed by atoms with van der Waals surface area (Å²) in [7, 11) is 0. The van der Waals surface area contributed by atoms with Gasteiger partial charge in [-0.25, -0.2) is 4.68 Å². The molecule has 14 heavy (non-hydrogen) atoms. The number of carbonyl (C=O) groups excluding carboxylic acids is 1. The first-order valence-corrected chi connectivity index (χ1v) is 7.64. The van der Waals surface area contributed by atoms with Crippen molar-refractivity contribution in [2.45, 2.75) is 0 Å². The van der Waals surface area contributed by atoms with Gasteiger partial charge in [-0.1, -0.05) is 6.58 Å². The van der Waals surface area contributed by atoms with Gasteiger partial charge in [-0.05, 0) is 96.4 Å². The molecule has 0 saturated heterocycles. The van der Waals surface area contributed by atoms with Crippen LogP contribution in [0.15, 0.2) is 12.7 Å². The minimum absolute atomic E-state index is 0.205. The van der Waals surface area contributed by atoms with Crippen molar-refractivity contribution in [3.63, 3.8) is 0 Å². The Labute approximate surface area is 136 Å². The number of aromatic nitrogens is 1. The number of amides is 1. The molecule has 3 nitrogen and oxygen atoms in total. The first-order chi connectivity index (χ1) is 6.49. The molecule has 7 heteroatoms. The van der Waals surface area contributed by atoms with E-state index in [-0.39, 0.29) is 5.91 Å². The Balaban J connectivity index is 3.15. The number of rotatable bonds is 2. The molecule has 0 saturated carbocycles. The van der Waals surface area contributed by atoms with E-state index in [1.807, 2.05) is 0 Å². The maximum absolute atomic E-state index is 11.1.